The lowest BCUT2D eigenvalue weighted by molar-refractivity contribution is -0.158. The molecule has 0 saturated heterocycles. The molecule has 61 heavy (non-hydrogen) atoms. The van der Waals surface area contributed by atoms with Crippen LogP contribution in [0.2, 0.25) is 0 Å². The van der Waals surface area contributed by atoms with E-state index < -0.39 is 48.1 Å². The van der Waals surface area contributed by atoms with Crippen molar-refractivity contribution in [1.82, 2.24) is 35.1 Å². The van der Waals surface area contributed by atoms with E-state index in [1.165, 1.54) is 24.5 Å². The molecule has 13 heteroatoms. The van der Waals surface area contributed by atoms with Crippen LogP contribution in [0.15, 0.2) is 60.7 Å². The van der Waals surface area contributed by atoms with Crippen molar-refractivity contribution in [2.75, 3.05) is 48.8 Å². The average Bonchev–Trinajstić information content (AvgIpc) is 3.19. The number of carbonyl (C=O) groups is 6. The van der Waals surface area contributed by atoms with Crippen molar-refractivity contribution in [2.45, 2.75) is 118 Å². The highest BCUT2D eigenvalue weighted by molar-refractivity contribution is 5.97. The number of carbonyl (C=O) groups excluding carboxylic acids is 6. The third-order valence-corrected chi connectivity index (χ3v) is 11.7. The second-order valence-electron chi connectivity index (χ2n) is 18.2. The zero-order chi connectivity index (χ0) is 46.5. The lowest BCUT2D eigenvalue weighted by Crippen LogP contribution is -2.63. The summed E-state index contributed by atoms with van der Waals surface area (Å²) >= 11 is 0. The molecule has 2 aromatic carbocycles. The van der Waals surface area contributed by atoms with Gasteiger partial charge in [0.2, 0.25) is 35.4 Å². The summed E-state index contributed by atoms with van der Waals surface area (Å²) in [6, 6.07) is 14.4. The first-order chi connectivity index (χ1) is 28.5. The molecule has 0 aromatic heterocycles. The molecular weight excluding hydrogens is 771 g/mol. The summed E-state index contributed by atoms with van der Waals surface area (Å²) in [7, 11) is 9.67. The van der Waals surface area contributed by atoms with E-state index in [1.807, 2.05) is 130 Å². The molecule has 0 aliphatic heterocycles. The third kappa shape index (κ3) is 13.6. The van der Waals surface area contributed by atoms with Crippen LogP contribution < -0.4 is 10.6 Å². The summed E-state index contributed by atoms with van der Waals surface area (Å²) in [5.41, 5.74) is 2.07. The summed E-state index contributed by atoms with van der Waals surface area (Å²) in [4.78, 5) is 92.9. The van der Waals surface area contributed by atoms with Gasteiger partial charge < -0.3 is 35.1 Å². The number of hydrogen-bond acceptors (Lipinski definition) is 7. The Kier molecular flexibility index (Phi) is 20.6. The Balaban J connectivity index is 2.37. The van der Waals surface area contributed by atoms with Gasteiger partial charge in [0.05, 0.1) is 6.04 Å². The van der Waals surface area contributed by atoms with Gasteiger partial charge in [0, 0.05) is 41.8 Å². The van der Waals surface area contributed by atoms with Gasteiger partial charge in [-0.1, -0.05) is 130 Å². The summed E-state index contributed by atoms with van der Waals surface area (Å²) in [6.45, 7) is 19.0. The van der Waals surface area contributed by atoms with E-state index in [9.17, 15) is 28.8 Å². The molecule has 0 unspecified atom stereocenters. The molecular formula is C48H77N7O6. The zero-order valence-electron chi connectivity index (χ0n) is 39.9. The van der Waals surface area contributed by atoms with Crippen LogP contribution >= 0.6 is 0 Å². The molecule has 0 radical (unpaired) electrons. The van der Waals surface area contributed by atoms with Crippen LogP contribution in [0, 0.1) is 29.6 Å². The van der Waals surface area contributed by atoms with E-state index in [0.29, 0.717) is 19.4 Å². The van der Waals surface area contributed by atoms with Crippen molar-refractivity contribution < 1.29 is 28.8 Å². The maximum Gasteiger partial charge on any atom is 0.246 e. The smallest absolute Gasteiger partial charge is 0.246 e. The molecule has 6 atom stereocenters. The Morgan fingerprint density at radius 3 is 1.05 bits per heavy atom. The van der Waals surface area contributed by atoms with Crippen LogP contribution in [0.1, 0.15) is 80.4 Å². The molecule has 13 nitrogen and oxygen atoms in total. The van der Waals surface area contributed by atoms with Crippen LogP contribution in [0.3, 0.4) is 0 Å². The fraction of sp³-hybridized carbons (Fsp3) is 0.625. The molecule has 0 fully saturated rings. The predicted molar refractivity (Wildman–Crippen MR) is 243 cm³/mol. The van der Waals surface area contributed by atoms with Gasteiger partial charge in [-0.2, -0.15) is 0 Å². The lowest BCUT2D eigenvalue weighted by Gasteiger charge is -2.42. The molecule has 0 aliphatic rings. The zero-order valence-corrected chi connectivity index (χ0v) is 39.9. The molecule has 2 rings (SSSR count). The van der Waals surface area contributed by atoms with Gasteiger partial charge in [0.1, 0.15) is 30.2 Å². The molecule has 0 bridgehead atoms. The first-order valence-electron chi connectivity index (χ1n) is 21.9. The van der Waals surface area contributed by atoms with Gasteiger partial charge in [-0.3, -0.25) is 28.8 Å². The van der Waals surface area contributed by atoms with Gasteiger partial charge in [-0.05, 0) is 60.6 Å². The molecule has 2 N–H and O–H groups in total. The minimum absolute atomic E-state index is 0.216. The molecule has 0 spiro atoms. The van der Waals surface area contributed by atoms with E-state index in [4.69, 9.17) is 0 Å². The fourth-order valence-corrected chi connectivity index (χ4v) is 8.53. The molecule has 0 saturated carbocycles. The maximum atomic E-state index is 14.7. The Bertz CT molecular complexity index is 1730. The van der Waals surface area contributed by atoms with E-state index in [-0.39, 0.29) is 53.2 Å². The summed E-state index contributed by atoms with van der Waals surface area (Å²) in [6.07, 6.45) is 1.08. The number of likely N-dealkylation sites (N-methyl/N-ethyl adjacent to an activating group) is 6. The first-order valence-corrected chi connectivity index (χ1v) is 21.9. The summed E-state index contributed by atoms with van der Waals surface area (Å²) in [5.74, 6) is -3.70. The molecule has 340 valence electrons. The van der Waals surface area contributed by atoms with Crippen molar-refractivity contribution in [3.63, 3.8) is 0 Å². The molecule has 6 amide bonds. The van der Waals surface area contributed by atoms with Crippen molar-refractivity contribution in [1.29, 1.82) is 0 Å². The topological polar surface area (TPSA) is 143 Å². The predicted octanol–water partition coefficient (Wildman–Crippen LogP) is 4.59. The van der Waals surface area contributed by atoms with E-state index >= 15 is 0 Å². The number of amides is 6. The number of nitrogens with zero attached hydrogens (tertiary/aromatic N) is 5. The lowest BCUT2D eigenvalue weighted by atomic mass is 9.93. The molecule has 0 heterocycles. The average molecular weight is 848 g/mol. The van der Waals surface area contributed by atoms with Crippen LogP contribution in [-0.2, 0) is 41.6 Å². The van der Waals surface area contributed by atoms with E-state index in [0.717, 1.165) is 11.1 Å². The normalized spacial score (nSPS) is 14.6. The Morgan fingerprint density at radius 2 is 0.738 bits per heavy atom. The number of nitrogens with one attached hydrogen (secondary N) is 2. The Morgan fingerprint density at radius 1 is 0.443 bits per heavy atom. The molecule has 2 aromatic rings. The first kappa shape index (κ1) is 52.4. The largest absolute Gasteiger partial charge is 0.354 e. The van der Waals surface area contributed by atoms with Gasteiger partial charge in [0.15, 0.2) is 0 Å². The van der Waals surface area contributed by atoms with Gasteiger partial charge in [-0.25, -0.2) is 0 Å². The Labute approximate surface area is 366 Å². The highest BCUT2D eigenvalue weighted by Crippen LogP contribution is 2.25. The highest BCUT2D eigenvalue weighted by Gasteiger charge is 2.44. The summed E-state index contributed by atoms with van der Waals surface area (Å²) in [5, 5.41) is 6.11. The molecule has 0 aliphatic carbocycles. The van der Waals surface area contributed by atoms with Crippen LogP contribution in [0.4, 0.5) is 0 Å². The van der Waals surface area contributed by atoms with Crippen LogP contribution in [0.25, 0.3) is 0 Å². The number of hydrogen-bond donors (Lipinski definition) is 2. The SMILES string of the molecule is CN[C@@H](Cc1ccccc1)C(=O)N(C)[C@H](C(=O)N(C)[C@H](C(=O)N(C)[C@H](C(=O)N(C)[C@H](C(=O)N(C)[C@H](C(=O)NCCc1ccccc1)C(C)C)C(C)C)C(C)C)C(C)C)C(C)C. The van der Waals surface area contributed by atoms with Crippen LogP contribution in [0.5, 0.6) is 0 Å². The van der Waals surface area contributed by atoms with E-state index in [2.05, 4.69) is 10.6 Å². The highest BCUT2D eigenvalue weighted by atomic mass is 16.2. The van der Waals surface area contributed by atoms with Gasteiger partial charge in [0.25, 0.3) is 0 Å². The third-order valence-electron chi connectivity index (χ3n) is 11.7. The minimum Gasteiger partial charge on any atom is -0.354 e. The van der Waals surface area contributed by atoms with Crippen molar-refractivity contribution in [2.24, 2.45) is 29.6 Å². The van der Waals surface area contributed by atoms with Crippen molar-refractivity contribution >= 4 is 35.4 Å². The van der Waals surface area contributed by atoms with Crippen molar-refractivity contribution in [3.05, 3.63) is 71.8 Å². The van der Waals surface area contributed by atoms with Crippen LogP contribution in [-0.4, -0.2) is 145 Å². The van der Waals surface area contributed by atoms with Gasteiger partial charge >= 0.3 is 0 Å². The van der Waals surface area contributed by atoms with Gasteiger partial charge in [-0.15, -0.1) is 0 Å². The monoisotopic (exact) mass is 848 g/mol. The van der Waals surface area contributed by atoms with Crippen molar-refractivity contribution in [3.8, 4) is 0 Å². The second-order valence-corrected chi connectivity index (χ2v) is 18.2. The minimum atomic E-state index is -0.983. The summed E-state index contributed by atoms with van der Waals surface area (Å²) < 4.78 is 0. The Hall–Kier alpha value is -4.78. The quantitative estimate of drug-likeness (QED) is 0.177. The fourth-order valence-electron chi connectivity index (χ4n) is 8.53. The number of rotatable bonds is 22. The maximum absolute atomic E-state index is 14.7. The van der Waals surface area contributed by atoms with E-state index in [1.54, 1.807) is 42.3 Å². The standard InChI is InChI=1S/C48H77N7O6/c1-30(2)38(43(56)50-28-27-35-23-19-17-20-24-35)51(12)45(58)40(32(5)6)53(14)47(60)42(34(9)10)55(16)48(61)41(33(7)8)54(15)46(59)39(31(3)4)52(13)44(57)37(49-11)29-36-25-21-18-22-26-36/h17-26,30-34,37-42,49H,27-29H2,1-16H3,(H,50,56)/t37-,38-,39-,40-,41-,42-/m0/s1. The second kappa shape index (κ2) is 24.0. The number of benzene rings is 2.